The number of aromatic nitrogens is 4. The standard InChI is InChI=1S/C31H49N11O21P3/c32-4-16(43)6-36-20(45)8-35-5-17(44)7-37-21(46)10-41-13-39-29-22(27(41)33)38-14-42(29)31-26(62-64(51,52)53)24(48)19(61-31)12-59-66(56,57)63-65(54,55)58-11-18-23(47)25(49)30(60-18)40-3-1-2-15(9-40)28(34)50/h1-3,9,13-14,16-19,23-26,30-31,33,35,43-44,47-49,51-53H,4-8,10-12,32H2,(H5-,34,36,37,45,46,50,54,55,56,57)/p+1/t16?,17?,18-,19-,23-,24-,25-,26-,30-,31-/m1/s1. The molecule has 0 aromatic carbocycles. The van der Waals surface area contributed by atoms with Crippen molar-refractivity contribution in [2.45, 2.75) is 67.8 Å². The molecule has 12 atom stereocenters. The van der Waals surface area contributed by atoms with Gasteiger partial charge in [-0.15, -0.1) is 4.52 Å². The fourth-order valence-electron chi connectivity index (χ4n) is 6.30. The summed E-state index contributed by atoms with van der Waals surface area (Å²) in [7, 11) is -16.4. The Morgan fingerprint density at radius 1 is 0.955 bits per heavy atom. The van der Waals surface area contributed by atoms with E-state index in [2.05, 4.69) is 30.2 Å². The molecule has 0 saturated carbocycles. The number of nitrogens with zero attached hydrogens (tertiary/aromatic N) is 5. The Balaban J connectivity index is 1.16. The summed E-state index contributed by atoms with van der Waals surface area (Å²) in [6, 6.07) is 0. The van der Waals surface area contributed by atoms with Crippen LogP contribution in [0.1, 0.15) is 6.23 Å². The summed E-state index contributed by atoms with van der Waals surface area (Å²) in [6.07, 6.45) is -9.80. The summed E-state index contributed by atoms with van der Waals surface area (Å²) in [5.41, 5.74) is 9.77. The minimum atomic E-state index is -5.63. The molecular formula is C31H50N11O21P3+. The summed E-state index contributed by atoms with van der Waals surface area (Å²) in [5, 5.41) is 67.7. The van der Waals surface area contributed by atoms with Crippen molar-refractivity contribution in [3.63, 3.8) is 0 Å². The van der Waals surface area contributed by atoms with Gasteiger partial charge in [0.1, 0.15) is 49.2 Å². The number of imidazole rings is 1. The summed E-state index contributed by atoms with van der Waals surface area (Å²) < 4.78 is 44.6. The van der Waals surface area contributed by atoms with Crippen LogP contribution >= 0.6 is 24.2 Å². The van der Waals surface area contributed by atoms with Crippen molar-refractivity contribution >= 4 is 53.0 Å². The zero-order valence-corrected chi connectivity index (χ0v) is 36.8. The third-order valence-electron chi connectivity index (χ3n) is 9.52. The molecule has 2 saturated heterocycles. The van der Waals surface area contributed by atoms with E-state index in [1.54, 1.807) is 0 Å². The van der Waals surface area contributed by atoms with Crippen LogP contribution in [0.4, 0.5) is 0 Å². The summed E-state index contributed by atoms with van der Waals surface area (Å²) in [6.45, 7) is -1.95. The second-order valence-electron chi connectivity index (χ2n) is 14.5. The van der Waals surface area contributed by atoms with E-state index in [1.807, 2.05) is 0 Å². The number of ether oxygens (including phenoxy) is 2. The van der Waals surface area contributed by atoms with Crippen LogP contribution in [0.25, 0.3) is 11.2 Å². The van der Waals surface area contributed by atoms with E-state index in [9.17, 15) is 73.8 Å². The highest BCUT2D eigenvalue weighted by molar-refractivity contribution is 7.64. The molecule has 4 unspecified atom stereocenters. The number of rotatable bonds is 24. The summed E-state index contributed by atoms with van der Waals surface area (Å²) >= 11 is 0. The smallest absolute Gasteiger partial charge is 0.567 e. The van der Waals surface area contributed by atoms with Gasteiger partial charge < -0.3 is 81.7 Å². The van der Waals surface area contributed by atoms with Crippen LogP contribution in [0, 0.1) is 12.0 Å². The molecule has 18 N–H and O–H groups in total. The number of primary amides is 1. The van der Waals surface area contributed by atoms with Crippen LogP contribution in [-0.2, 0) is 52.8 Å². The molecule has 3 amide bonds. The van der Waals surface area contributed by atoms with E-state index < -0.39 is 128 Å². The molecule has 2 aromatic rings. The molecule has 0 aliphatic carbocycles. The number of hydrogen-bond acceptors (Lipinski definition) is 26. The van der Waals surface area contributed by atoms with Crippen molar-refractivity contribution in [3.8, 4) is 0 Å². The van der Waals surface area contributed by atoms with Crippen molar-refractivity contribution in [2.24, 2.45) is 11.5 Å². The molecule has 0 bridgehead atoms. The van der Waals surface area contributed by atoms with Crippen LogP contribution in [0.3, 0.4) is 0 Å². The first-order valence-corrected chi connectivity index (χ1v) is 23.8. The fourth-order valence-corrected chi connectivity index (χ4v) is 8.94. The maximum atomic E-state index is 12.8. The molecular weight excluding hydrogens is 955 g/mol. The highest BCUT2D eigenvalue weighted by atomic mass is 31.3. The first-order valence-electron chi connectivity index (χ1n) is 19.2. The monoisotopic (exact) mass is 1010 g/mol. The van der Waals surface area contributed by atoms with Crippen molar-refractivity contribution in [2.75, 3.05) is 45.9 Å². The highest BCUT2D eigenvalue weighted by Gasteiger charge is 2.55. The molecule has 3 aliphatic heterocycles. The van der Waals surface area contributed by atoms with Crippen LogP contribution < -0.4 is 37.8 Å². The molecule has 2 fully saturated rings. The largest absolute Gasteiger partial charge is 0.606 e. The number of phosphoric ester groups is 2. The van der Waals surface area contributed by atoms with E-state index in [0.29, 0.717) is 0 Å². The lowest BCUT2D eigenvalue weighted by Gasteiger charge is -2.29. The fraction of sp³-hybridized carbons (Fsp3) is 0.581. The van der Waals surface area contributed by atoms with E-state index in [0.717, 1.165) is 21.8 Å². The average Bonchev–Trinajstić information content (AvgIpc) is 3.90. The molecule has 32 nitrogen and oxygen atoms in total. The van der Waals surface area contributed by atoms with Gasteiger partial charge in [-0.2, -0.15) is 24.1 Å². The van der Waals surface area contributed by atoms with Crippen LogP contribution in [0.2, 0.25) is 0 Å². The zero-order chi connectivity index (χ0) is 48.7. The van der Waals surface area contributed by atoms with Crippen molar-refractivity contribution in [1.29, 1.82) is 5.41 Å². The van der Waals surface area contributed by atoms with Crippen molar-refractivity contribution < 1.29 is 101 Å². The first kappa shape index (κ1) is 53.3. The molecule has 369 valence electrons. The van der Waals surface area contributed by atoms with Gasteiger partial charge in [0.15, 0.2) is 29.7 Å². The van der Waals surface area contributed by atoms with Gasteiger partial charge in [0.2, 0.25) is 17.7 Å². The van der Waals surface area contributed by atoms with Gasteiger partial charge in [0.05, 0.1) is 50.1 Å². The van der Waals surface area contributed by atoms with Gasteiger partial charge in [-0.3, -0.25) is 28.9 Å². The van der Waals surface area contributed by atoms with Crippen molar-refractivity contribution in [3.05, 3.63) is 48.6 Å². The lowest BCUT2D eigenvalue weighted by molar-refractivity contribution is -0.238. The normalized spacial score (nSPS) is 27.3. The predicted molar refractivity (Wildman–Crippen MR) is 215 cm³/mol. The van der Waals surface area contributed by atoms with Gasteiger partial charge in [0, 0.05) is 32.4 Å². The molecule has 5 heterocycles. The number of carbonyl (C=O) groups excluding carboxylic acids is 3. The number of aliphatic hydroxyl groups is 5. The second-order valence-corrected chi connectivity index (χ2v) is 18.8. The van der Waals surface area contributed by atoms with E-state index in [-0.39, 0.29) is 49.5 Å². The Morgan fingerprint density at radius 2 is 1.62 bits per heavy atom. The number of carbonyl (C=O) groups is 3. The molecule has 1 radical (unpaired) electrons. The van der Waals surface area contributed by atoms with Gasteiger partial charge in [0.25, 0.3) is 0 Å². The van der Waals surface area contributed by atoms with Crippen molar-refractivity contribution in [1.82, 2.24) is 40.0 Å². The topological polar surface area (TPSA) is 500 Å². The molecule has 5 rings (SSSR count). The van der Waals surface area contributed by atoms with Crippen LogP contribution in [0.15, 0.2) is 36.6 Å². The SMILES string of the molecule is N=c1c2ncn([C@@H]3O[C@H](CO[P+]([O-])(O)OP(=O)(O)OC[C@H]4O[C@@H](N5[CH]C=CC(C(N)=O)=C5)[C@H](O)[C@@H]4O)[C@@H](O)[C@H]3O[P+](O)(O)O)c2ncn1CC(=O)NCC(O)CNCC(=O)NCC(O)CN. The lowest BCUT2D eigenvalue weighted by Crippen LogP contribution is -2.44. The average molecular weight is 1010 g/mol. The number of amides is 3. The number of fused-ring (bicyclic) bond motifs is 1. The predicted octanol–water partition coefficient (Wildman–Crippen LogP) is -8.46. The van der Waals surface area contributed by atoms with Gasteiger partial charge in [-0.1, -0.05) is 10.4 Å². The maximum Gasteiger partial charge on any atom is 0.567 e. The molecule has 3 aliphatic rings. The third kappa shape index (κ3) is 14.4. The Hall–Kier alpha value is -3.63. The van der Waals surface area contributed by atoms with Gasteiger partial charge >= 0.3 is 24.2 Å². The van der Waals surface area contributed by atoms with Gasteiger partial charge in [-0.05, 0) is 6.08 Å². The first-order chi connectivity index (χ1) is 30.9. The highest BCUT2D eigenvalue weighted by Crippen LogP contribution is 2.63. The molecule has 66 heavy (non-hydrogen) atoms. The lowest BCUT2D eigenvalue weighted by atomic mass is 10.1. The van der Waals surface area contributed by atoms with E-state index >= 15 is 0 Å². The molecule has 35 heteroatoms. The number of hydrogen-bond donors (Lipinski definition) is 16. The van der Waals surface area contributed by atoms with Crippen LogP contribution in [0.5, 0.6) is 0 Å². The number of nitrogens with two attached hydrogens (primary N) is 2. The summed E-state index contributed by atoms with van der Waals surface area (Å²) in [4.78, 5) is 108. The van der Waals surface area contributed by atoms with E-state index in [1.165, 1.54) is 29.8 Å². The Kier molecular flexibility index (Phi) is 18.3. The summed E-state index contributed by atoms with van der Waals surface area (Å²) in [5.74, 6) is -1.96. The quantitative estimate of drug-likeness (QED) is 0.0434. The molecule has 0 spiro atoms. The van der Waals surface area contributed by atoms with Crippen LogP contribution in [-0.4, -0.2) is 193 Å². The Bertz CT molecular complexity index is 2200. The van der Waals surface area contributed by atoms with E-state index in [4.69, 9.17) is 39.9 Å². The number of aliphatic hydroxyl groups excluding tert-OH is 5. The molecule has 2 aromatic heterocycles. The minimum Gasteiger partial charge on any atom is -0.606 e. The number of phosphoric acid groups is 2. The minimum absolute atomic E-state index is 0.0171. The number of nitrogens with one attached hydrogen (secondary N) is 4. The third-order valence-corrected chi connectivity index (χ3v) is 12.6. The zero-order valence-electron chi connectivity index (χ0n) is 34.1. The van der Waals surface area contributed by atoms with Gasteiger partial charge in [-0.25, -0.2) is 14.5 Å². The Labute approximate surface area is 373 Å². The maximum absolute atomic E-state index is 12.8. The second kappa shape index (κ2) is 22.7. The Morgan fingerprint density at radius 3 is 2.30 bits per heavy atom.